The van der Waals surface area contributed by atoms with Gasteiger partial charge in [0.1, 0.15) is 5.82 Å². The number of hydrogen-bond donors (Lipinski definition) is 1. The van der Waals surface area contributed by atoms with Gasteiger partial charge in [-0.3, -0.25) is 19.3 Å². The Morgan fingerprint density at radius 1 is 1.08 bits per heavy atom. The van der Waals surface area contributed by atoms with Gasteiger partial charge in [0, 0.05) is 50.0 Å². The highest BCUT2D eigenvalue weighted by Crippen LogP contribution is 2.31. The van der Waals surface area contributed by atoms with Crippen LogP contribution in [0.25, 0.3) is 10.9 Å². The van der Waals surface area contributed by atoms with Gasteiger partial charge in [0.15, 0.2) is 0 Å². The third-order valence-electron chi connectivity index (χ3n) is 7.96. The fraction of sp³-hybridized carbons (Fsp3) is 0.500. The molecule has 0 atom stereocenters. The first-order valence-corrected chi connectivity index (χ1v) is 14.1. The molecule has 2 aromatic carbocycles. The summed E-state index contributed by atoms with van der Waals surface area (Å²) in [6.45, 7) is 6.86. The number of carbonyl (C=O) groups is 2. The fourth-order valence-electron chi connectivity index (χ4n) is 5.71. The average Bonchev–Trinajstić information content (AvgIpc) is 3.50. The van der Waals surface area contributed by atoms with Crippen LogP contribution >= 0.6 is 0 Å². The monoisotopic (exact) mass is 534 g/mol. The van der Waals surface area contributed by atoms with Gasteiger partial charge in [-0.15, -0.1) is 0 Å². The smallest absolute Gasteiger partial charge is 0.256 e. The zero-order chi connectivity index (χ0) is 27.5. The normalized spacial score (nSPS) is 14.8. The molecule has 39 heavy (non-hydrogen) atoms. The summed E-state index contributed by atoms with van der Waals surface area (Å²) in [7, 11) is 1.74. The van der Waals surface area contributed by atoms with Gasteiger partial charge in [0.25, 0.3) is 5.91 Å². The predicted octanol–water partition coefficient (Wildman–Crippen LogP) is 4.32. The van der Waals surface area contributed by atoms with Crippen LogP contribution in [0.5, 0.6) is 0 Å². The Hall–Kier alpha value is -3.46. The van der Waals surface area contributed by atoms with Crippen molar-refractivity contribution < 1.29 is 14.0 Å². The molecule has 1 aromatic heterocycles. The number of unbranched alkanes of at least 4 members (excludes halogenated alkanes) is 2. The molecule has 2 amide bonds. The molecule has 0 bridgehead atoms. The van der Waals surface area contributed by atoms with Crippen molar-refractivity contribution in [1.82, 2.24) is 25.1 Å². The lowest BCUT2D eigenvalue weighted by Gasteiger charge is -2.32. The number of aryl methyl sites for hydroxylation is 3. The van der Waals surface area contributed by atoms with Crippen molar-refractivity contribution in [3.8, 4) is 0 Å². The number of benzene rings is 2. The van der Waals surface area contributed by atoms with Crippen LogP contribution in [0.4, 0.5) is 10.1 Å². The van der Waals surface area contributed by atoms with E-state index < -0.39 is 0 Å². The fourth-order valence-corrected chi connectivity index (χ4v) is 5.71. The molecular weight excluding hydrogens is 495 g/mol. The standard InChI is InChI=1S/C30H39FN6O2/c1-4-5-7-12-32-29(38)19-35(20-30(39)34(3)36-17-22-10-11-24(31)15-23(22)18-36)28-16-26-25(14-21(28)2)27-9-6-8-13-37(27)33-26/h10-11,14-16H,4-9,12-13,17-20H2,1-3H3,(H,32,38). The average molecular weight is 535 g/mol. The van der Waals surface area contributed by atoms with Gasteiger partial charge in [-0.05, 0) is 73.6 Å². The van der Waals surface area contributed by atoms with Crippen molar-refractivity contribution >= 4 is 28.4 Å². The number of hydrazine groups is 1. The summed E-state index contributed by atoms with van der Waals surface area (Å²) in [6, 6.07) is 8.95. The van der Waals surface area contributed by atoms with Crippen LogP contribution in [0.3, 0.4) is 0 Å². The largest absolute Gasteiger partial charge is 0.355 e. The molecule has 9 heteroatoms. The number of anilines is 1. The molecule has 3 heterocycles. The minimum absolute atomic E-state index is 0.0417. The van der Waals surface area contributed by atoms with Gasteiger partial charge < -0.3 is 10.2 Å². The number of carbonyl (C=O) groups excluding carboxylic acids is 2. The summed E-state index contributed by atoms with van der Waals surface area (Å²) in [5.74, 6) is -0.507. The number of hydrogen-bond acceptors (Lipinski definition) is 5. The van der Waals surface area contributed by atoms with E-state index in [-0.39, 0.29) is 30.7 Å². The first-order valence-electron chi connectivity index (χ1n) is 14.1. The topological polar surface area (TPSA) is 73.7 Å². The molecule has 0 aliphatic carbocycles. The highest BCUT2D eigenvalue weighted by Gasteiger charge is 2.28. The van der Waals surface area contributed by atoms with Crippen LogP contribution in [-0.4, -0.2) is 58.3 Å². The maximum atomic E-state index is 13.7. The SMILES string of the molecule is CCCCCNC(=O)CN(CC(=O)N(C)N1Cc2ccc(F)cc2C1)c1cc2nn3c(c2cc1C)CCCC3. The van der Waals surface area contributed by atoms with Gasteiger partial charge in [0.05, 0.1) is 18.6 Å². The lowest BCUT2D eigenvalue weighted by Crippen LogP contribution is -2.48. The van der Waals surface area contributed by atoms with Crippen molar-refractivity contribution in [2.45, 2.75) is 72.0 Å². The molecule has 0 saturated heterocycles. The Morgan fingerprint density at radius 3 is 2.72 bits per heavy atom. The van der Waals surface area contributed by atoms with Crippen LogP contribution in [0, 0.1) is 12.7 Å². The minimum atomic E-state index is -0.271. The molecule has 1 N–H and O–H groups in total. The number of nitrogens with zero attached hydrogens (tertiary/aromatic N) is 5. The summed E-state index contributed by atoms with van der Waals surface area (Å²) < 4.78 is 15.8. The maximum absolute atomic E-state index is 13.7. The first-order chi connectivity index (χ1) is 18.8. The molecule has 3 aromatic rings. The number of aromatic nitrogens is 2. The van der Waals surface area contributed by atoms with Gasteiger partial charge >= 0.3 is 0 Å². The van der Waals surface area contributed by atoms with Crippen molar-refractivity contribution in [3.63, 3.8) is 0 Å². The second-order valence-electron chi connectivity index (χ2n) is 10.8. The zero-order valence-corrected chi connectivity index (χ0v) is 23.3. The summed E-state index contributed by atoms with van der Waals surface area (Å²) in [5, 5.41) is 12.5. The highest BCUT2D eigenvalue weighted by molar-refractivity contribution is 5.91. The molecule has 0 fully saturated rings. The Labute approximate surface area is 229 Å². The molecule has 208 valence electrons. The second-order valence-corrected chi connectivity index (χ2v) is 10.8. The molecule has 0 radical (unpaired) electrons. The maximum Gasteiger partial charge on any atom is 0.256 e. The van der Waals surface area contributed by atoms with Gasteiger partial charge in [-0.2, -0.15) is 5.10 Å². The van der Waals surface area contributed by atoms with Crippen LogP contribution in [0.2, 0.25) is 0 Å². The van der Waals surface area contributed by atoms with E-state index in [9.17, 15) is 14.0 Å². The van der Waals surface area contributed by atoms with Crippen molar-refractivity contribution in [3.05, 3.63) is 58.5 Å². The van der Waals surface area contributed by atoms with Crippen LogP contribution in [0.15, 0.2) is 30.3 Å². The highest BCUT2D eigenvalue weighted by atomic mass is 19.1. The summed E-state index contributed by atoms with van der Waals surface area (Å²) in [6.07, 6.45) is 6.40. The Balaban J connectivity index is 1.36. The molecule has 0 spiro atoms. The van der Waals surface area contributed by atoms with E-state index >= 15 is 0 Å². The Morgan fingerprint density at radius 2 is 1.90 bits per heavy atom. The van der Waals surface area contributed by atoms with Gasteiger partial charge in [-0.25, -0.2) is 9.40 Å². The molecule has 5 rings (SSSR count). The van der Waals surface area contributed by atoms with Crippen molar-refractivity contribution in [1.29, 1.82) is 0 Å². The molecule has 0 unspecified atom stereocenters. The van der Waals surface area contributed by atoms with E-state index in [1.54, 1.807) is 18.1 Å². The first kappa shape index (κ1) is 27.1. The van der Waals surface area contributed by atoms with E-state index in [2.05, 4.69) is 23.0 Å². The van der Waals surface area contributed by atoms with E-state index in [1.807, 2.05) is 22.9 Å². The molecule has 0 saturated carbocycles. The van der Waals surface area contributed by atoms with E-state index in [4.69, 9.17) is 5.10 Å². The number of amides is 2. The molecule has 8 nitrogen and oxygen atoms in total. The van der Waals surface area contributed by atoms with Crippen molar-refractivity contribution in [2.24, 2.45) is 0 Å². The van der Waals surface area contributed by atoms with Crippen LogP contribution < -0.4 is 10.2 Å². The summed E-state index contributed by atoms with van der Waals surface area (Å²) >= 11 is 0. The zero-order valence-electron chi connectivity index (χ0n) is 23.3. The number of halogens is 1. The lowest BCUT2D eigenvalue weighted by molar-refractivity contribution is -0.145. The summed E-state index contributed by atoms with van der Waals surface area (Å²) in [4.78, 5) is 28.4. The van der Waals surface area contributed by atoms with Crippen LogP contribution in [0.1, 0.15) is 61.4 Å². The Kier molecular flexibility index (Phi) is 8.16. The van der Waals surface area contributed by atoms with Gasteiger partial charge in [-0.1, -0.05) is 25.8 Å². The number of likely N-dealkylation sites (N-methyl/N-ethyl adjacent to an activating group) is 1. The number of nitrogens with one attached hydrogen (secondary N) is 1. The molecular formula is C30H39FN6O2. The second kappa shape index (κ2) is 11.7. The molecule has 2 aliphatic rings. The third-order valence-corrected chi connectivity index (χ3v) is 7.96. The quantitative estimate of drug-likeness (QED) is 0.392. The van der Waals surface area contributed by atoms with E-state index in [1.165, 1.54) is 24.2 Å². The van der Waals surface area contributed by atoms with E-state index in [0.29, 0.717) is 19.6 Å². The van der Waals surface area contributed by atoms with E-state index in [0.717, 1.165) is 71.9 Å². The minimum Gasteiger partial charge on any atom is -0.355 e. The number of rotatable bonds is 10. The Bertz CT molecular complexity index is 1370. The van der Waals surface area contributed by atoms with Gasteiger partial charge in [0.2, 0.25) is 5.91 Å². The van der Waals surface area contributed by atoms with Crippen LogP contribution in [-0.2, 0) is 35.6 Å². The predicted molar refractivity (Wildman–Crippen MR) is 151 cm³/mol. The number of fused-ring (bicyclic) bond motifs is 4. The summed E-state index contributed by atoms with van der Waals surface area (Å²) in [5.41, 5.74) is 5.94. The third kappa shape index (κ3) is 5.93. The van der Waals surface area contributed by atoms with Crippen molar-refractivity contribution in [2.75, 3.05) is 31.6 Å². The molecule has 2 aliphatic heterocycles. The lowest BCUT2D eigenvalue weighted by atomic mass is 10.0.